The van der Waals surface area contributed by atoms with Crippen molar-refractivity contribution in [2.24, 2.45) is 0 Å². The molecule has 0 saturated heterocycles. The minimum Gasteiger partial charge on any atom is -0.481 e. The Kier molecular flexibility index (Phi) is 4.13. The van der Waals surface area contributed by atoms with Crippen molar-refractivity contribution in [1.29, 1.82) is 0 Å². The van der Waals surface area contributed by atoms with Gasteiger partial charge in [-0.3, -0.25) is 4.90 Å². The summed E-state index contributed by atoms with van der Waals surface area (Å²) >= 11 is 0. The summed E-state index contributed by atoms with van der Waals surface area (Å²) in [6, 6.07) is 8.08. The molecule has 2 heterocycles. The molecule has 0 bridgehead atoms. The number of methoxy groups -OCH3 is 1. The average Bonchev–Trinajstić information content (AvgIpc) is 2.55. The van der Waals surface area contributed by atoms with Crippen LogP contribution in [0.2, 0.25) is 0 Å². The summed E-state index contributed by atoms with van der Waals surface area (Å²) in [4.78, 5) is 10.9. The highest BCUT2D eigenvalue weighted by Crippen LogP contribution is 2.25. The van der Waals surface area contributed by atoms with Gasteiger partial charge in [0.2, 0.25) is 5.88 Å². The second-order valence-electron chi connectivity index (χ2n) is 5.24. The molecule has 0 unspecified atom stereocenters. The van der Waals surface area contributed by atoms with Crippen LogP contribution < -0.4 is 4.74 Å². The molecule has 1 aromatic carbocycles. The molecule has 0 saturated carbocycles. The highest BCUT2D eigenvalue weighted by Gasteiger charge is 2.21. The molecular formula is C16H19N3O2. The predicted octanol–water partition coefficient (Wildman–Crippen LogP) is 1.54. The number of aromatic nitrogens is 2. The molecule has 2 aromatic rings. The van der Waals surface area contributed by atoms with Crippen molar-refractivity contribution in [2.75, 3.05) is 13.7 Å². The maximum atomic E-state index is 9.08. The number of benzene rings is 1. The van der Waals surface area contributed by atoms with Crippen molar-refractivity contribution >= 4 is 0 Å². The van der Waals surface area contributed by atoms with E-state index in [9.17, 15) is 0 Å². The van der Waals surface area contributed by atoms with Gasteiger partial charge in [-0.25, -0.2) is 9.97 Å². The molecule has 5 heteroatoms. The van der Waals surface area contributed by atoms with Gasteiger partial charge in [-0.15, -0.1) is 0 Å². The van der Waals surface area contributed by atoms with Crippen LogP contribution in [0.4, 0.5) is 0 Å². The van der Waals surface area contributed by atoms with Crippen molar-refractivity contribution in [3.8, 4) is 5.88 Å². The fourth-order valence-corrected chi connectivity index (χ4v) is 2.69. The van der Waals surface area contributed by atoms with Crippen LogP contribution in [0, 0.1) is 0 Å². The maximum Gasteiger partial charge on any atom is 0.220 e. The number of hydrogen-bond acceptors (Lipinski definition) is 5. The normalized spacial score (nSPS) is 14.8. The molecule has 0 atom stereocenters. The third-order valence-corrected chi connectivity index (χ3v) is 3.85. The lowest BCUT2D eigenvalue weighted by Crippen LogP contribution is -2.31. The van der Waals surface area contributed by atoms with Gasteiger partial charge in [-0.2, -0.15) is 0 Å². The number of ether oxygens (including phenoxy) is 1. The number of fused-ring (bicyclic) bond motifs is 1. The smallest absolute Gasteiger partial charge is 0.220 e. The van der Waals surface area contributed by atoms with Gasteiger partial charge >= 0.3 is 0 Å². The Hall–Kier alpha value is -1.98. The first-order valence-corrected chi connectivity index (χ1v) is 7.08. The van der Waals surface area contributed by atoms with Crippen LogP contribution in [0.25, 0.3) is 0 Å². The van der Waals surface area contributed by atoms with E-state index in [1.807, 2.05) is 12.1 Å². The first-order chi connectivity index (χ1) is 10.3. The molecule has 21 heavy (non-hydrogen) atoms. The SMILES string of the molecule is COc1ncnc2c1CN(Cc1ccc(CO)cc1)CC2. The molecule has 0 amide bonds. The molecule has 1 aromatic heterocycles. The van der Waals surface area contributed by atoms with Crippen LogP contribution in [-0.4, -0.2) is 33.6 Å². The number of nitrogens with zero attached hydrogens (tertiary/aromatic N) is 3. The summed E-state index contributed by atoms with van der Waals surface area (Å²) in [5.74, 6) is 0.681. The van der Waals surface area contributed by atoms with E-state index in [0.29, 0.717) is 5.88 Å². The zero-order valence-electron chi connectivity index (χ0n) is 12.1. The van der Waals surface area contributed by atoms with Crippen molar-refractivity contribution in [2.45, 2.75) is 26.1 Å². The molecular weight excluding hydrogens is 266 g/mol. The fraction of sp³-hybridized carbons (Fsp3) is 0.375. The Morgan fingerprint density at radius 3 is 2.67 bits per heavy atom. The standard InChI is InChI=1S/C16H19N3O2/c1-21-16-14-9-19(7-6-15(14)17-11-18-16)8-12-2-4-13(10-20)5-3-12/h2-5,11,20H,6-10H2,1H3. The minimum atomic E-state index is 0.0892. The van der Waals surface area contributed by atoms with Gasteiger partial charge in [-0.05, 0) is 11.1 Å². The monoisotopic (exact) mass is 285 g/mol. The van der Waals surface area contributed by atoms with E-state index in [1.165, 1.54) is 5.56 Å². The van der Waals surface area contributed by atoms with Gasteiger partial charge in [0, 0.05) is 31.6 Å². The maximum absolute atomic E-state index is 9.08. The fourth-order valence-electron chi connectivity index (χ4n) is 2.69. The summed E-state index contributed by atoms with van der Waals surface area (Å²) in [6.45, 7) is 2.76. The Balaban J connectivity index is 1.73. The van der Waals surface area contributed by atoms with Crippen LogP contribution >= 0.6 is 0 Å². The van der Waals surface area contributed by atoms with E-state index in [0.717, 1.165) is 42.9 Å². The largest absolute Gasteiger partial charge is 0.481 e. The second kappa shape index (κ2) is 6.20. The molecule has 0 spiro atoms. The molecule has 3 rings (SSSR count). The second-order valence-corrected chi connectivity index (χ2v) is 5.24. The van der Waals surface area contributed by atoms with E-state index >= 15 is 0 Å². The number of aliphatic hydroxyl groups excluding tert-OH is 1. The number of hydrogen-bond donors (Lipinski definition) is 1. The molecule has 1 N–H and O–H groups in total. The quantitative estimate of drug-likeness (QED) is 0.923. The first kappa shape index (κ1) is 14.0. The summed E-state index contributed by atoms with van der Waals surface area (Å²) < 4.78 is 5.34. The molecule has 1 aliphatic heterocycles. The van der Waals surface area contributed by atoms with Gasteiger partial charge < -0.3 is 9.84 Å². The first-order valence-electron chi connectivity index (χ1n) is 7.08. The third-order valence-electron chi connectivity index (χ3n) is 3.85. The lowest BCUT2D eigenvalue weighted by Gasteiger charge is -2.28. The Bertz CT molecular complexity index is 599. The summed E-state index contributed by atoms with van der Waals surface area (Å²) in [5.41, 5.74) is 4.37. The topological polar surface area (TPSA) is 58.5 Å². The van der Waals surface area contributed by atoms with Gasteiger partial charge in [0.25, 0.3) is 0 Å². The van der Waals surface area contributed by atoms with E-state index in [1.54, 1.807) is 13.4 Å². The highest BCUT2D eigenvalue weighted by atomic mass is 16.5. The molecule has 110 valence electrons. The van der Waals surface area contributed by atoms with Crippen LogP contribution in [-0.2, 0) is 26.1 Å². The zero-order valence-corrected chi connectivity index (χ0v) is 12.1. The van der Waals surface area contributed by atoms with Gasteiger partial charge in [0.05, 0.1) is 19.4 Å². The Morgan fingerprint density at radius 2 is 1.95 bits per heavy atom. The van der Waals surface area contributed by atoms with Crippen LogP contribution in [0.5, 0.6) is 5.88 Å². The van der Waals surface area contributed by atoms with Gasteiger partial charge in [-0.1, -0.05) is 24.3 Å². The Morgan fingerprint density at radius 1 is 1.19 bits per heavy atom. The summed E-state index contributed by atoms with van der Waals surface area (Å²) in [6.07, 6.45) is 2.49. The van der Waals surface area contributed by atoms with Gasteiger partial charge in [0.15, 0.2) is 0 Å². The average molecular weight is 285 g/mol. The van der Waals surface area contributed by atoms with Gasteiger partial charge in [0.1, 0.15) is 6.33 Å². The summed E-state index contributed by atoms with van der Waals surface area (Å²) in [5, 5.41) is 9.08. The zero-order chi connectivity index (χ0) is 14.7. The predicted molar refractivity (Wildman–Crippen MR) is 78.8 cm³/mol. The van der Waals surface area contributed by atoms with Crippen molar-refractivity contribution in [3.05, 3.63) is 53.0 Å². The van der Waals surface area contributed by atoms with E-state index < -0.39 is 0 Å². The lowest BCUT2D eigenvalue weighted by atomic mass is 10.1. The lowest BCUT2D eigenvalue weighted by molar-refractivity contribution is 0.236. The molecule has 1 aliphatic rings. The van der Waals surface area contributed by atoms with Crippen LogP contribution in [0.1, 0.15) is 22.4 Å². The van der Waals surface area contributed by atoms with E-state index in [2.05, 4.69) is 27.0 Å². The number of aliphatic hydroxyl groups is 1. The Labute approximate surface area is 124 Å². The third kappa shape index (κ3) is 3.04. The molecule has 0 aliphatic carbocycles. The molecule has 0 fully saturated rings. The molecule has 5 nitrogen and oxygen atoms in total. The van der Waals surface area contributed by atoms with Crippen molar-refractivity contribution < 1.29 is 9.84 Å². The van der Waals surface area contributed by atoms with E-state index in [4.69, 9.17) is 9.84 Å². The van der Waals surface area contributed by atoms with Crippen LogP contribution in [0.3, 0.4) is 0 Å². The summed E-state index contributed by atoms with van der Waals surface area (Å²) in [7, 11) is 1.65. The van der Waals surface area contributed by atoms with Crippen molar-refractivity contribution in [1.82, 2.24) is 14.9 Å². The molecule has 0 radical (unpaired) electrons. The van der Waals surface area contributed by atoms with E-state index in [-0.39, 0.29) is 6.61 Å². The van der Waals surface area contributed by atoms with Crippen molar-refractivity contribution in [3.63, 3.8) is 0 Å². The number of rotatable bonds is 4. The van der Waals surface area contributed by atoms with Crippen LogP contribution in [0.15, 0.2) is 30.6 Å². The highest BCUT2D eigenvalue weighted by molar-refractivity contribution is 5.32. The minimum absolute atomic E-state index is 0.0892.